The Bertz CT molecular complexity index is 1170. The van der Waals surface area contributed by atoms with Gasteiger partial charge in [-0.3, -0.25) is 9.69 Å². The van der Waals surface area contributed by atoms with Crippen LogP contribution in [0.2, 0.25) is 0 Å². The molecule has 32 heavy (non-hydrogen) atoms. The number of ether oxygens (including phenoxy) is 2. The number of nitrogens with one attached hydrogen (secondary N) is 1. The van der Waals surface area contributed by atoms with Crippen LogP contribution in [0.15, 0.2) is 78.5 Å². The number of carboxylic acids is 1. The van der Waals surface area contributed by atoms with Crippen molar-refractivity contribution in [3.8, 4) is 11.5 Å². The molecular formula is C25H22N2O5. The first-order valence-corrected chi connectivity index (χ1v) is 9.94. The van der Waals surface area contributed by atoms with Crippen LogP contribution >= 0.6 is 0 Å². The summed E-state index contributed by atoms with van der Waals surface area (Å²) in [4.78, 5) is 26.2. The number of amides is 1. The van der Waals surface area contributed by atoms with Crippen LogP contribution < -0.4 is 19.7 Å². The summed E-state index contributed by atoms with van der Waals surface area (Å²) in [6, 6.07) is 21.3. The summed E-state index contributed by atoms with van der Waals surface area (Å²) in [5.41, 5.74) is 2.84. The Labute approximate surface area is 185 Å². The van der Waals surface area contributed by atoms with Gasteiger partial charge < -0.3 is 19.9 Å². The van der Waals surface area contributed by atoms with Crippen molar-refractivity contribution >= 4 is 23.6 Å². The number of benzene rings is 3. The first-order valence-electron chi connectivity index (χ1n) is 9.94. The molecule has 1 fully saturated rings. The van der Waals surface area contributed by atoms with Crippen LogP contribution in [0.1, 0.15) is 27.7 Å². The van der Waals surface area contributed by atoms with E-state index in [1.165, 1.54) is 12.1 Å². The van der Waals surface area contributed by atoms with E-state index in [2.05, 4.69) is 5.32 Å². The van der Waals surface area contributed by atoms with Crippen LogP contribution in [-0.2, 0) is 4.79 Å². The highest BCUT2D eigenvalue weighted by Crippen LogP contribution is 2.34. The molecule has 7 heteroatoms. The number of rotatable bonds is 6. The number of carbonyl (C=O) groups is 2. The Kier molecular flexibility index (Phi) is 5.81. The van der Waals surface area contributed by atoms with Gasteiger partial charge in [0.05, 0.1) is 19.8 Å². The molecule has 0 aromatic heterocycles. The lowest BCUT2D eigenvalue weighted by atomic mass is 10.1. The van der Waals surface area contributed by atoms with E-state index in [9.17, 15) is 14.7 Å². The van der Waals surface area contributed by atoms with Crippen molar-refractivity contribution < 1.29 is 24.2 Å². The molecule has 0 aliphatic carbocycles. The zero-order valence-electron chi connectivity index (χ0n) is 17.6. The molecule has 3 aromatic rings. The first kappa shape index (κ1) is 21.0. The van der Waals surface area contributed by atoms with Gasteiger partial charge in [0.1, 0.15) is 11.9 Å². The summed E-state index contributed by atoms with van der Waals surface area (Å²) in [6.07, 6.45) is 1.32. The van der Waals surface area contributed by atoms with Crippen LogP contribution in [0.25, 0.3) is 6.08 Å². The van der Waals surface area contributed by atoms with Gasteiger partial charge in [-0.15, -0.1) is 0 Å². The van der Waals surface area contributed by atoms with Crippen LogP contribution in [0, 0.1) is 0 Å². The van der Waals surface area contributed by atoms with Gasteiger partial charge in [-0.1, -0.05) is 36.4 Å². The molecule has 3 aromatic carbocycles. The second-order valence-electron chi connectivity index (χ2n) is 7.16. The lowest BCUT2D eigenvalue weighted by Gasteiger charge is -2.24. The second kappa shape index (κ2) is 8.85. The van der Waals surface area contributed by atoms with Crippen LogP contribution in [0.5, 0.6) is 11.5 Å². The summed E-state index contributed by atoms with van der Waals surface area (Å²) in [5.74, 6) is -0.0801. The lowest BCUT2D eigenvalue weighted by Crippen LogP contribution is -2.30. The molecule has 1 heterocycles. The third-order valence-electron chi connectivity index (χ3n) is 5.23. The Morgan fingerprint density at radius 1 is 0.969 bits per heavy atom. The molecule has 1 amide bonds. The molecular weight excluding hydrogens is 408 g/mol. The lowest BCUT2D eigenvalue weighted by molar-refractivity contribution is -0.114. The molecule has 4 rings (SSSR count). The molecule has 0 bridgehead atoms. The van der Waals surface area contributed by atoms with Crippen molar-refractivity contribution in [2.45, 2.75) is 6.17 Å². The Morgan fingerprint density at radius 3 is 2.28 bits per heavy atom. The average molecular weight is 430 g/mol. The Hall–Kier alpha value is -4.26. The topological polar surface area (TPSA) is 88.1 Å². The fourth-order valence-corrected chi connectivity index (χ4v) is 3.63. The number of hydrogen-bond acceptors (Lipinski definition) is 5. The second-order valence-corrected chi connectivity index (χ2v) is 7.16. The monoisotopic (exact) mass is 430 g/mol. The first-order chi connectivity index (χ1) is 15.5. The molecule has 0 radical (unpaired) electrons. The van der Waals surface area contributed by atoms with E-state index >= 15 is 0 Å². The molecule has 1 aliphatic heterocycles. The smallest absolute Gasteiger partial charge is 0.335 e. The van der Waals surface area contributed by atoms with Gasteiger partial charge in [-0.05, 0) is 53.6 Å². The van der Waals surface area contributed by atoms with Gasteiger partial charge >= 0.3 is 5.97 Å². The number of anilines is 1. The van der Waals surface area contributed by atoms with Gasteiger partial charge in [-0.25, -0.2) is 4.79 Å². The van der Waals surface area contributed by atoms with E-state index in [-0.39, 0.29) is 11.5 Å². The van der Waals surface area contributed by atoms with Crippen molar-refractivity contribution in [2.24, 2.45) is 0 Å². The van der Waals surface area contributed by atoms with Gasteiger partial charge in [0, 0.05) is 5.69 Å². The van der Waals surface area contributed by atoms with Gasteiger partial charge in [0.2, 0.25) is 0 Å². The maximum Gasteiger partial charge on any atom is 0.335 e. The third kappa shape index (κ3) is 4.00. The normalized spacial score (nSPS) is 16.7. The average Bonchev–Trinajstić information content (AvgIpc) is 3.15. The predicted octanol–water partition coefficient (Wildman–Crippen LogP) is 4.08. The van der Waals surface area contributed by atoms with E-state index < -0.39 is 12.1 Å². The fourth-order valence-electron chi connectivity index (χ4n) is 3.63. The van der Waals surface area contributed by atoms with E-state index in [1.54, 1.807) is 49.5 Å². The van der Waals surface area contributed by atoms with Gasteiger partial charge in [0.15, 0.2) is 11.5 Å². The molecule has 162 valence electrons. The molecule has 1 aliphatic rings. The minimum absolute atomic E-state index is 0.158. The number of methoxy groups -OCH3 is 2. The highest BCUT2D eigenvalue weighted by Gasteiger charge is 2.36. The highest BCUT2D eigenvalue weighted by molar-refractivity contribution is 6.11. The zero-order valence-corrected chi connectivity index (χ0v) is 17.6. The number of carboxylic acid groups (broad SMARTS) is 1. The largest absolute Gasteiger partial charge is 0.493 e. The van der Waals surface area contributed by atoms with Crippen LogP contribution in [0.4, 0.5) is 5.69 Å². The predicted molar refractivity (Wildman–Crippen MR) is 121 cm³/mol. The third-order valence-corrected chi connectivity index (χ3v) is 5.23. The maximum atomic E-state index is 13.4. The maximum absolute atomic E-state index is 13.4. The number of carbonyl (C=O) groups excluding carboxylic acids is 1. The summed E-state index contributed by atoms with van der Waals surface area (Å²) in [7, 11) is 3.12. The molecule has 0 saturated carbocycles. The minimum Gasteiger partial charge on any atom is -0.493 e. The van der Waals surface area contributed by atoms with Crippen molar-refractivity contribution in [3.05, 3.63) is 95.2 Å². The van der Waals surface area contributed by atoms with E-state index in [4.69, 9.17) is 9.47 Å². The Balaban J connectivity index is 1.74. The summed E-state index contributed by atoms with van der Waals surface area (Å²) in [5, 5.41) is 12.5. The van der Waals surface area contributed by atoms with Crippen molar-refractivity contribution in [2.75, 3.05) is 19.1 Å². The summed E-state index contributed by atoms with van der Waals surface area (Å²) in [6.45, 7) is 0. The van der Waals surface area contributed by atoms with Gasteiger partial charge in [0.25, 0.3) is 5.91 Å². The van der Waals surface area contributed by atoms with E-state index in [0.29, 0.717) is 22.9 Å². The zero-order chi connectivity index (χ0) is 22.7. The molecule has 1 unspecified atom stereocenters. The SMILES string of the molecule is COc1ccc(/C=C2/NC(c3ccccc3)N(c3ccc(C(=O)O)cc3)C2=O)cc1OC. The van der Waals surface area contributed by atoms with Crippen LogP contribution in [-0.4, -0.2) is 31.2 Å². The number of nitrogens with zero attached hydrogens (tertiary/aromatic N) is 1. The summed E-state index contributed by atoms with van der Waals surface area (Å²) >= 11 is 0. The fraction of sp³-hybridized carbons (Fsp3) is 0.120. The number of hydrogen-bond donors (Lipinski definition) is 2. The van der Waals surface area contributed by atoms with Gasteiger partial charge in [-0.2, -0.15) is 0 Å². The Morgan fingerprint density at radius 2 is 1.66 bits per heavy atom. The molecule has 0 spiro atoms. The molecule has 7 nitrogen and oxygen atoms in total. The molecule has 2 N–H and O–H groups in total. The van der Waals surface area contributed by atoms with E-state index in [1.807, 2.05) is 36.4 Å². The standard InChI is InChI=1S/C25H22N2O5/c1-31-21-13-8-16(15-22(21)32-2)14-20-24(28)27(19-11-9-18(10-12-19)25(29)30)23(26-20)17-6-4-3-5-7-17/h3-15,23,26H,1-2H3,(H,29,30)/b20-14+. The summed E-state index contributed by atoms with van der Waals surface area (Å²) < 4.78 is 10.6. The quantitative estimate of drug-likeness (QED) is 0.573. The number of aromatic carboxylic acids is 1. The molecule has 1 saturated heterocycles. The molecule has 1 atom stereocenters. The van der Waals surface area contributed by atoms with E-state index in [0.717, 1.165) is 11.1 Å². The van der Waals surface area contributed by atoms with Crippen molar-refractivity contribution in [1.82, 2.24) is 5.32 Å². The van der Waals surface area contributed by atoms with Crippen LogP contribution in [0.3, 0.4) is 0 Å². The van der Waals surface area contributed by atoms with Crippen molar-refractivity contribution in [1.29, 1.82) is 0 Å². The van der Waals surface area contributed by atoms with Crippen molar-refractivity contribution in [3.63, 3.8) is 0 Å². The minimum atomic E-state index is -1.02. The highest BCUT2D eigenvalue weighted by atomic mass is 16.5.